The second-order valence-electron chi connectivity index (χ2n) is 3.30. The lowest BCUT2D eigenvalue weighted by Crippen LogP contribution is -2.44. The first kappa shape index (κ1) is 10.9. The fourth-order valence-electron chi connectivity index (χ4n) is 1.54. The quantitative estimate of drug-likeness (QED) is 0.804. The summed E-state index contributed by atoms with van der Waals surface area (Å²) in [6, 6.07) is 2.01. The van der Waals surface area contributed by atoms with Gasteiger partial charge in [-0.2, -0.15) is 0 Å². The molecule has 82 valence electrons. The second kappa shape index (κ2) is 4.93. The van der Waals surface area contributed by atoms with Crippen LogP contribution in [0, 0.1) is 3.57 Å². The summed E-state index contributed by atoms with van der Waals surface area (Å²) in [5.74, 6) is 1.52. The smallest absolute Gasteiger partial charge is 0.246 e. The normalized spacial score (nSPS) is 16.5. The topological polar surface area (TPSA) is 50.3 Å². The fraction of sp³-hybridized carbons (Fsp3) is 0.556. The minimum absolute atomic E-state index is 0.592. The Balaban J connectivity index is 2.17. The van der Waals surface area contributed by atoms with E-state index in [9.17, 15) is 0 Å². The Morgan fingerprint density at radius 3 is 2.73 bits per heavy atom. The third-order valence-corrected chi connectivity index (χ3v) is 3.11. The lowest BCUT2D eigenvalue weighted by Gasteiger charge is -2.28. The molecule has 5 nitrogen and oxygen atoms in total. The molecular formula is C9H13IN4O. The Kier molecular flexibility index (Phi) is 3.57. The number of nitrogens with zero attached hydrogens (tertiary/aromatic N) is 3. The van der Waals surface area contributed by atoms with Gasteiger partial charge in [0, 0.05) is 32.2 Å². The first-order valence-electron chi connectivity index (χ1n) is 4.84. The second-order valence-corrected chi connectivity index (χ2v) is 4.46. The highest BCUT2D eigenvalue weighted by Gasteiger charge is 2.13. The molecule has 0 bridgehead atoms. The Morgan fingerprint density at radius 1 is 1.40 bits per heavy atom. The Labute approximate surface area is 102 Å². The molecule has 15 heavy (non-hydrogen) atoms. The molecule has 1 aliphatic heterocycles. The van der Waals surface area contributed by atoms with Gasteiger partial charge in [0.05, 0.1) is 10.7 Å². The number of hydrogen-bond acceptors (Lipinski definition) is 5. The van der Waals surface area contributed by atoms with Crippen molar-refractivity contribution >= 4 is 28.4 Å². The highest BCUT2D eigenvalue weighted by Crippen LogP contribution is 2.21. The van der Waals surface area contributed by atoms with E-state index in [1.54, 1.807) is 7.11 Å². The zero-order valence-electron chi connectivity index (χ0n) is 8.53. The predicted octanol–water partition coefficient (Wildman–Crippen LogP) is 0.499. The number of nitrogens with one attached hydrogen (secondary N) is 1. The maximum Gasteiger partial charge on any atom is 0.246 e. The molecule has 2 rings (SSSR count). The van der Waals surface area contributed by atoms with Crippen molar-refractivity contribution in [2.75, 3.05) is 38.2 Å². The summed E-state index contributed by atoms with van der Waals surface area (Å²) in [4.78, 5) is 2.23. The third-order valence-electron chi connectivity index (χ3n) is 2.34. The highest BCUT2D eigenvalue weighted by molar-refractivity contribution is 14.1. The summed E-state index contributed by atoms with van der Waals surface area (Å²) >= 11 is 2.21. The lowest BCUT2D eigenvalue weighted by molar-refractivity contribution is 0.388. The zero-order chi connectivity index (χ0) is 10.7. The van der Waals surface area contributed by atoms with Gasteiger partial charge in [0.25, 0.3) is 0 Å². The highest BCUT2D eigenvalue weighted by atomic mass is 127. The van der Waals surface area contributed by atoms with Gasteiger partial charge in [0.2, 0.25) is 5.88 Å². The van der Waals surface area contributed by atoms with Gasteiger partial charge >= 0.3 is 0 Å². The molecule has 2 heterocycles. The van der Waals surface area contributed by atoms with Crippen LogP contribution >= 0.6 is 22.6 Å². The molecule has 0 amide bonds. The van der Waals surface area contributed by atoms with Crippen LogP contribution in [0.2, 0.25) is 0 Å². The van der Waals surface area contributed by atoms with Gasteiger partial charge in [-0.25, -0.2) is 0 Å². The molecular weight excluding hydrogens is 307 g/mol. The summed E-state index contributed by atoms with van der Waals surface area (Å²) in [7, 11) is 1.61. The van der Waals surface area contributed by atoms with Crippen molar-refractivity contribution in [3.05, 3.63) is 9.64 Å². The van der Waals surface area contributed by atoms with Crippen LogP contribution in [0.3, 0.4) is 0 Å². The largest absolute Gasteiger partial charge is 0.479 e. The van der Waals surface area contributed by atoms with E-state index in [-0.39, 0.29) is 0 Å². The van der Waals surface area contributed by atoms with Crippen molar-refractivity contribution in [1.82, 2.24) is 15.5 Å². The van der Waals surface area contributed by atoms with Crippen LogP contribution in [0.1, 0.15) is 0 Å². The minimum Gasteiger partial charge on any atom is -0.479 e. The number of halogens is 1. The molecule has 1 N–H and O–H groups in total. The monoisotopic (exact) mass is 320 g/mol. The maximum atomic E-state index is 5.08. The summed E-state index contributed by atoms with van der Waals surface area (Å²) in [6.45, 7) is 3.97. The zero-order valence-corrected chi connectivity index (χ0v) is 10.7. The molecule has 0 radical (unpaired) electrons. The average molecular weight is 320 g/mol. The van der Waals surface area contributed by atoms with Crippen LogP contribution in [0.4, 0.5) is 5.82 Å². The fourth-order valence-corrected chi connectivity index (χ4v) is 2.14. The van der Waals surface area contributed by atoms with E-state index >= 15 is 0 Å². The van der Waals surface area contributed by atoms with Gasteiger partial charge in [-0.3, -0.25) is 0 Å². The van der Waals surface area contributed by atoms with Crippen LogP contribution < -0.4 is 15.0 Å². The van der Waals surface area contributed by atoms with Gasteiger partial charge < -0.3 is 15.0 Å². The van der Waals surface area contributed by atoms with E-state index in [0.717, 1.165) is 35.6 Å². The molecule has 0 unspecified atom stereocenters. The van der Waals surface area contributed by atoms with Crippen molar-refractivity contribution in [2.45, 2.75) is 0 Å². The van der Waals surface area contributed by atoms with Crippen LogP contribution in [-0.4, -0.2) is 43.5 Å². The van der Waals surface area contributed by atoms with E-state index in [2.05, 4.69) is 43.0 Å². The van der Waals surface area contributed by atoms with Crippen LogP contribution in [-0.2, 0) is 0 Å². The van der Waals surface area contributed by atoms with Crippen molar-refractivity contribution < 1.29 is 4.74 Å². The average Bonchev–Trinajstić information content (AvgIpc) is 2.30. The number of rotatable bonds is 2. The molecule has 1 fully saturated rings. The summed E-state index contributed by atoms with van der Waals surface area (Å²) in [6.07, 6.45) is 0. The molecule has 0 atom stereocenters. The molecule has 0 aliphatic carbocycles. The van der Waals surface area contributed by atoms with E-state index in [0.29, 0.717) is 5.88 Å². The predicted molar refractivity (Wildman–Crippen MR) is 66.4 cm³/mol. The van der Waals surface area contributed by atoms with Crippen LogP contribution in [0.5, 0.6) is 5.88 Å². The van der Waals surface area contributed by atoms with Crippen molar-refractivity contribution in [3.63, 3.8) is 0 Å². The van der Waals surface area contributed by atoms with E-state index in [4.69, 9.17) is 4.74 Å². The molecule has 1 aromatic rings. The Hall–Kier alpha value is -0.630. The molecule has 0 saturated carbocycles. The van der Waals surface area contributed by atoms with Gasteiger partial charge in [-0.1, -0.05) is 0 Å². The number of methoxy groups -OCH3 is 1. The van der Waals surface area contributed by atoms with Crippen LogP contribution in [0.15, 0.2) is 6.07 Å². The Morgan fingerprint density at radius 2 is 2.13 bits per heavy atom. The van der Waals surface area contributed by atoms with Gasteiger partial charge in [-0.15, -0.1) is 10.2 Å². The third kappa shape index (κ3) is 2.49. The molecule has 1 aliphatic rings. The van der Waals surface area contributed by atoms with Crippen molar-refractivity contribution in [1.29, 1.82) is 0 Å². The molecule has 6 heteroatoms. The minimum atomic E-state index is 0.592. The first-order valence-corrected chi connectivity index (χ1v) is 5.92. The Bertz CT molecular complexity index is 341. The number of anilines is 1. The van der Waals surface area contributed by atoms with Gasteiger partial charge in [0.1, 0.15) is 0 Å². The van der Waals surface area contributed by atoms with Crippen molar-refractivity contribution in [3.8, 4) is 5.88 Å². The van der Waals surface area contributed by atoms with Gasteiger partial charge in [0.15, 0.2) is 5.82 Å². The SMILES string of the molecule is COc1nnc(N2CCNCC2)cc1I. The lowest BCUT2D eigenvalue weighted by atomic mass is 10.3. The maximum absolute atomic E-state index is 5.08. The molecule has 1 aromatic heterocycles. The number of ether oxygens (including phenoxy) is 1. The summed E-state index contributed by atoms with van der Waals surface area (Å²) in [5, 5.41) is 11.5. The molecule has 1 saturated heterocycles. The summed E-state index contributed by atoms with van der Waals surface area (Å²) in [5.41, 5.74) is 0. The van der Waals surface area contributed by atoms with Crippen molar-refractivity contribution in [2.24, 2.45) is 0 Å². The molecule has 0 spiro atoms. The van der Waals surface area contributed by atoms with E-state index in [1.165, 1.54) is 0 Å². The van der Waals surface area contributed by atoms with E-state index in [1.807, 2.05) is 6.07 Å². The van der Waals surface area contributed by atoms with E-state index < -0.39 is 0 Å². The molecule has 0 aromatic carbocycles. The number of hydrogen-bond donors (Lipinski definition) is 1. The van der Waals surface area contributed by atoms with Gasteiger partial charge in [-0.05, 0) is 22.6 Å². The number of aromatic nitrogens is 2. The number of piperazine rings is 1. The standard InChI is InChI=1S/C9H13IN4O/c1-15-9-7(10)6-8(12-13-9)14-4-2-11-3-5-14/h6,11H,2-5H2,1H3. The summed E-state index contributed by atoms with van der Waals surface area (Å²) < 4.78 is 6.07. The first-order chi connectivity index (χ1) is 7.31. The van der Waals surface area contributed by atoms with Crippen LogP contribution in [0.25, 0.3) is 0 Å².